The van der Waals surface area contributed by atoms with Crippen LogP contribution in [0.1, 0.15) is 131 Å². The summed E-state index contributed by atoms with van der Waals surface area (Å²) in [5.74, 6) is 1.34. The summed E-state index contributed by atoms with van der Waals surface area (Å²) in [6.45, 7) is 24.5. The van der Waals surface area contributed by atoms with Crippen molar-refractivity contribution in [2.75, 3.05) is 0 Å². The van der Waals surface area contributed by atoms with Gasteiger partial charge in [0.1, 0.15) is 5.82 Å². The van der Waals surface area contributed by atoms with Gasteiger partial charge in [-0.15, -0.1) is 0 Å². The van der Waals surface area contributed by atoms with E-state index in [2.05, 4.69) is 58.9 Å². The van der Waals surface area contributed by atoms with E-state index in [1.807, 2.05) is 60.6 Å². The maximum Gasteiger partial charge on any atom is 0.167 e. The van der Waals surface area contributed by atoms with Gasteiger partial charge in [0.25, 0.3) is 0 Å². The number of hydrogen-bond donors (Lipinski definition) is 0. The van der Waals surface area contributed by atoms with Crippen LogP contribution in [0.5, 0.6) is 0 Å². The van der Waals surface area contributed by atoms with Crippen LogP contribution in [-0.2, 0) is 16.0 Å². The fraction of sp³-hybridized carbons (Fsp3) is 0.550. The summed E-state index contributed by atoms with van der Waals surface area (Å²) in [5, 5.41) is 0. The monoisotopic (exact) mass is 590 g/mol. The predicted octanol–water partition coefficient (Wildman–Crippen LogP) is 11.6. The zero-order valence-corrected chi connectivity index (χ0v) is 29.2. The predicted molar refractivity (Wildman–Crippen MR) is 184 cm³/mol. The molecule has 0 radical (unpaired) electrons. The molecular weight excluding hydrogens is 531 g/mol. The molecule has 2 aromatic carbocycles. The molecule has 4 atom stereocenters. The van der Waals surface area contributed by atoms with Crippen molar-refractivity contribution in [3.8, 4) is 0 Å². The third kappa shape index (κ3) is 9.34. The van der Waals surface area contributed by atoms with Crippen molar-refractivity contribution in [1.29, 1.82) is 0 Å². The second kappa shape index (κ2) is 18.8. The molecule has 3 aliphatic rings. The number of hydrogen-bond acceptors (Lipinski definition) is 2. The first kappa shape index (κ1) is 38.2. The number of ketones is 2. The Morgan fingerprint density at radius 1 is 0.791 bits per heavy atom. The summed E-state index contributed by atoms with van der Waals surface area (Å²) in [6.07, 6.45) is 5.71. The first-order valence-corrected chi connectivity index (χ1v) is 16.9. The molecule has 0 aliphatic heterocycles. The van der Waals surface area contributed by atoms with Crippen LogP contribution in [0, 0.1) is 29.5 Å². The molecule has 238 valence electrons. The summed E-state index contributed by atoms with van der Waals surface area (Å²) in [6, 6.07) is 15.2. The van der Waals surface area contributed by atoms with Gasteiger partial charge >= 0.3 is 0 Å². The lowest BCUT2D eigenvalue weighted by atomic mass is 9.67. The topological polar surface area (TPSA) is 34.1 Å². The van der Waals surface area contributed by atoms with E-state index in [0.717, 1.165) is 24.0 Å². The highest BCUT2D eigenvalue weighted by Crippen LogP contribution is 2.53. The van der Waals surface area contributed by atoms with Gasteiger partial charge in [0.2, 0.25) is 0 Å². The van der Waals surface area contributed by atoms with Crippen molar-refractivity contribution in [1.82, 2.24) is 0 Å². The second-order valence-corrected chi connectivity index (χ2v) is 12.0. The third-order valence-electron chi connectivity index (χ3n) is 8.43. The standard InChI is InChI=1S/C23H26O2.C10H13F.C3H8.2C2H6/c1-12-13(2)23(25)20(15(4)22(12)24)21-18-9-6-5-8-16(18)14(3)17-10-7-11-19(17)21;1-8(2)7-9-3-5-10(11)6-4-9;1-3-2;2*1-2/h5-6,8-9,12-14,17H,7,10-11H2,1-4H3;3-6,8H,7H2,1-2H3;3H2,1-2H3;2*1-2H3. The summed E-state index contributed by atoms with van der Waals surface area (Å²) >= 11 is 0. The quantitative estimate of drug-likeness (QED) is 0.356. The Kier molecular flexibility index (Phi) is 16.7. The molecule has 3 aliphatic carbocycles. The molecule has 0 bridgehead atoms. The van der Waals surface area contributed by atoms with E-state index in [-0.39, 0.29) is 29.2 Å². The number of carbonyl (C=O) groups excluding carboxylic acids is 2. The first-order chi connectivity index (χ1) is 20.5. The van der Waals surface area contributed by atoms with Gasteiger partial charge in [-0.3, -0.25) is 9.59 Å². The van der Waals surface area contributed by atoms with Gasteiger partial charge in [-0.2, -0.15) is 0 Å². The van der Waals surface area contributed by atoms with Gasteiger partial charge in [0.05, 0.1) is 0 Å². The van der Waals surface area contributed by atoms with Crippen LogP contribution in [0.3, 0.4) is 0 Å². The Bertz CT molecular complexity index is 1230. The minimum absolute atomic E-state index is 0.140. The Morgan fingerprint density at radius 2 is 1.33 bits per heavy atom. The van der Waals surface area contributed by atoms with Crippen molar-refractivity contribution in [2.24, 2.45) is 23.7 Å². The Labute approximate surface area is 263 Å². The fourth-order valence-electron chi connectivity index (χ4n) is 6.27. The van der Waals surface area contributed by atoms with E-state index in [1.54, 1.807) is 0 Å². The Hall–Kier alpha value is -2.81. The van der Waals surface area contributed by atoms with Crippen LogP contribution in [0.25, 0.3) is 5.57 Å². The zero-order valence-electron chi connectivity index (χ0n) is 29.2. The van der Waals surface area contributed by atoms with Crippen molar-refractivity contribution in [3.05, 3.63) is 87.8 Å². The number of benzene rings is 2. The van der Waals surface area contributed by atoms with E-state index in [4.69, 9.17) is 0 Å². The smallest absolute Gasteiger partial charge is 0.167 e. The lowest BCUT2D eigenvalue weighted by molar-refractivity contribution is -0.129. The van der Waals surface area contributed by atoms with Gasteiger partial charge in [-0.25, -0.2) is 4.39 Å². The molecule has 2 nitrogen and oxygen atoms in total. The molecule has 3 heteroatoms. The Balaban J connectivity index is 0.000000430. The van der Waals surface area contributed by atoms with Gasteiger partial charge in [0.15, 0.2) is 11.6 Å². The molecule has 2 aromatic rings. The van der Waals surface area contributed by atoms with Crippen LogP contribution < -0.4 is 0 Å². The summed E-state index contributed by atoms with van der Waals surface area (Å²) in [4.78, 5) is 26.0. The van der Waals surface area contributed by atoms with Crippen LogP contribution in [0.2, 0.25) is 0 Å². The largest absolute Gasteiger partial charge is 0.294 e. The van der Waals surface area contributed by atoms with Crippen LogP contribution >= 0.6 is 0 Å². The summed E-state index contributed by atoms with van der Waals surface area (Å²) in [7, 11) is 0. The molecule has 5 rings (SSSR count). The number of carbonyl (C=O) groups is 2. The van der Waals surface area contributed by atoms with Crippen molar-refractivity contribution < 1.29 is 14.0 Å². The molecule has 0 heterocycles. The Morgan fingerprint density at radius 3 is 1.88 bits per heavy atom. The van der Waals surface area contributed by atoms with Crippen LogP contribution in [-0.4, -0.2) is 11.6 Å². The maximum absolute atomic E-state index is 13.2. The molecule has 43 heavy (non-hydrogen) atoms. The van der Waals surface area contributed by atoms with Gasteiger partial charge in [-0.05, 0) is 84.8 Å². The van der Waals surface area contributed by atoms with E-state index in [0.29, 0.717) is 23.3 Å². The van der Waals surface area contributed by atoms with Crippen LogP contribution in [0.4, 0.5) is 4.39 Å². The second-order valence-electron chi connectivity index (χ2n) is 12.0. The molecule has 1 saturated carbocycles. The molecule has 0 amide bonds. The molecule has 1 fully saturated rings. The minimum atomic E-state index is -0.231. The zero-order chi connectivity index (χ0) is 32.9. The molecule has 0 N–H and O–H groups in total. The van der Waals surface area contributed by atoms with Gasteiger partial charge in [-0.1, -0.05) is 125 Å². The average Bonchev–Trinajstić information content (AvgIpc) is 3.51. The van der Waals surface area contributed by atoms with Gasteiger partial charge in [0, 0.05) is 23.0 Å². The summed E-state index contributed by atoms with van der Waals surface area (Å²) < 4.78 is 12.4. The average molecular weight is 591 g/mol. The van der Waals surface area contributed by atoms with Gasteiger partial charge < -0.3 is 0 Å². The van der Waals surface area contributed by atoms with E-state index >= 15 is 0 Å². The van der Waals surface area contributed by atoms with E-state index < -0.39 is 0 Å². The number of fused-ring (bicyclic) bond motifs is 2. The molecule has 0 saturated heterocycles. The number of Topliss-reactive ketones (excluding diaryl/α,β-unsaturated/α-hetero) is 2. The normalized spacial score (nSPS) is 22.1. The van der Waals surface area contributed by atoms with Crippen molar-refractivity contribution in [2.45, 2.75) is 121 Å². The molecule has 0 spiro atoms. The lowest BCUT2D eigenvalue weighted by Crippen LogP contribution is -2.35. The minimum Gasteiger partial charge on any atom is -0.294 e. The van der Waals surface area contributed by atoms with Crippen molar-refractivity contribution >= 4 is 17.1 Å². The van der Waals surface area contributed by atoms with E-state index in [1.165, 1.54) is 53.7 Å². The van der Waals surface area contributed by atoms with Crippen molar-refractivity contribution in [3.63, 3.8) is 0 Å². The highest BCUT2D eigenvalue weighted by molar-refractivity contribution is 6.22. The van der Waals surface area contributed by atoms with Crippen LogP contribution in [0.15, 0.2) is 65.3 Å². The lowest BCUT2D eigenvalue weighted by Gasteiger charge is -2.36. The maximum atomic E-state index is 13.2. The summed E-state index contributed by atoms with van der Waals surface area (Å²) in [5.41, 5.74) is 7.64. The first-order valence-electron chi connectivity index (χ1n) is 16.9. The molecule has 0 aromatic heterocycles. The van der Waals surface area contributed by atoms with E-state index in [9.17, 15) is 14.0 Å². The SMILES string of the molecule is CC.CC.CC(C)Cc1ccc(F)cc1.CC1=C(C2=C3CCCC3C(C)c3ccccc32)C(=O)C(C)C(C)C1=O.CCC. The third-order valence-corrected chi connectivity index (χ3v) is 8.43. The number of allylic oxidation sites excluding steroid dienone is 4. The number of halogens is 1. The highest BCUT2D eigenvalue weighted by Gasteiger charge is 2.42. The highest BCUT2D eigenvalue weighted by atomic mass is 19.1. The fourth-order valence-corrected chi connectivity index (χ4v) is 6.27. The molecule has 4 unspecified atom stereocenters. The number of rotatable bonds is 3. The molecular formula is C40H59FO2.